The van der Waals surface area contributed by atoms with Crippen LogP contribution in [0, 0.1) is 13.8 Å². The Hall–Kier alpha value is -1.14. The van der Waals surface area contributed by atoms with Crippen molar-refractivity contribution in [3.05, 3.63) is 44.6 Å². The van der Waals surface area contributed by atoms with Crippen LogP contribution in [0.4, 0.5) is 0 Å². The lowest BCUT2D eigenvalue weighted by Crippen LogP contribution is -2.21. The molecule has 0 fully saturated rings. The van der Waals surface area contributed by atoms with Crippen LogP contribution in [0.25, 0.3) is 0 Å². The Morgan fingerprint density at radius 2 is 2.05 bits per heavy atom. The predicted octanol–water partition coefficient (Wildman–Crippen LogP) is 3.74. The number of hydrogen-bond acceptors (Lipinski definition) is 3. The Bertz CT molecular complexity index is 623. The lowest BCUT2D eigenvalue weighted by molar-refractivity contribution is 0.0817. The van der Waals surface area contributed by atoms with Crippen LogP contribution in [0.15, 0.2) is 33.2 Å². The number of nitrogens with zero attached hydrogens (tertiary/aromatic N) is 2. The molecule has 0 amide bonds. The van der Waals surface area contributed by atoms with E-state index in [4.69, 9.17) is 4.74 Å². The molecule has 19 heavy (non-hydrogen) atoms. The summed E-state index contributed by atoms with van der Waals surface area (Å²) in [6.45, 7) is 3.64. The number of benzene rings is 1. The number of halogens is 2. The number of carbonyl (C=O) groups excluding carboxylic acids is 1. The van der Waals surface area contributed by atoms with E-state index in [0.717, 1.165) is 20.3 Å². The molecule has 0 spiro atoms. The summed E-state index contributed by atoms with van der Waals surface area (Å²) in [6.07, 6.45) is 0. The lowest BCUT2D eigenvalue weighted by Gasteiger charge is -2.08. The molecule has 2 rings (SSSR count). The summed E-state index contributed by atoms with van der Waals surface area (Å²) in [6, 6.07) is 7.37. The molecule has 2 aromatic rings. The average Bonchev–Trinajstić information content (AvgIpc) is 2.67. The number of aromatic nitrogens is 2. The van der Waals surface area contributed by atoms with E-state index in [1.807, 2.05) is 32.0 Å². The van der Waals surface area contributed by atoms with Crippen LogP contribution < -0.4 is 4.74 Å². The zero-order chi connectivity index (χ0) is 14.0. The molecule has 0 atom stereocenters. The van der Waals surface area contributed by atoms with Crippen molar-refractivity contribution >= 4 is 37.8 Å². The third-order valence-electron chi connectivity index (χ3n) is 2.49. The van der Waals surface area contributed by atoms with Crippen molar-refractivity contribution in [3.8, 4) is 5.75 Å². The highest BCUT2D eigenvalue weighted by Crippen LogP contribution is 2.28. The fourth-order valence-electron chi connectivity index (χ4n) is 1.67. The molecule has 1 aromatic carbocycles. The van der Waals surface area contributed by atoms with Gasteiger partial charge >= 0.3 is 0 Å². The largest absolute Gasteiger partial charge is 0.482 e. The second-order valence-corrected chi connectivity index (χ2v) is 5.87. The molecule has 100 valence electrons. The maximum Gasteiger partial charge on any atom is 0.284 e. The highest BCUT2D eigenvalue weighted by atomic mass is 79.9. The van der Waals surface area contributed by atoms with E-state index < -0.39 is 0 Å². The summed E-state index contributed by atoms with van der Waals surface area (Å²) in [4.78, 5) is 12.0. The molecule has 0 unspecified atom stereocenters. The minimum atomic E-state index is -0.194. The van der Waals surface area contributed by atoms with Gasteiger partial charge in [-0.3, -0.25) is 4.79 Å². The van der Waals surface area contributed by atoms with Crippen molar-refractivity contribution < 1.29 is 9.53 Å². The molecule has 0 bridgehead atoms. The SMILES string of the molecule is Cc1cc(C)n(C(=O)COc2ccc(Br)cc2Br)n1. The molecular formula is C13H12Br2N2O2. The second kappa shape index (κ2) is 5.88. The van der Waals surface area contributed by atoms with Gasteiger partial charge in [0.1, 0.15) is 5.75 Å². The molecule has 0 saturated carbocycles. The van der Waals surface area contributed by atoms with Crippen molar-refractivity contribution in [3.63, 3.8) is 0 Å². The molecule has 0 aliphatic heterocycles. The van der Waals surface area contributed by atoms with E-state index >= 15 is 0 Å². The molecule has 0 aliphatic carbocycles. The highest BCUT2D eigenvalue weighted by Gasteiger charge is 2.11. The quantitative estimate of drug-likeness (QED) is 0.805. The maximum absolute atomic E-state index is 12.0. The first-order valence-electron chi connectivity index (χ1n) is 5.61. The van der Waals surface area contributed by atoms with E-state index in [0.29, 0.717) is 5.75 Å². The van der Waals surface area contributed by atoms with Gasteiger partial charge in [0.2, 0.25) is 0 Å². The van der Waals surface area contributed by atoms with Crippen molar-refractivity contribution in [1.82, 2.24) is 9.78 Å². The van der Waals surface area contributed by atoms with Gasteiger partial charge in [-0.25, -0.2) is 4.68 Å². The highest BCUT2D eigenvalue weighted by molar-refractivity contribution is 9.11. The number of rotatable bonds is 3. The molecule has 1 heterocycles. The molecule has 4 nitrogen and oxygen atoms in total. The van der Waals surface area contributed by atoms with E-state index in [1.165, 1.54) is 4.68 Å². The van der Waals surface area contributed by atoms with Crippen LogP contribution in [0.1, 0.15) is 16.2 Å². The average molecular weight is 388 g/mol. The third kappa shape index (κ3) is 3.45. The van der Waals surface area contributed by atoms with Crippen LogP contribution >= 0.6 is 31.9 Å². The first-order valence-corrected chi connectivity index (χ1v) is 7.20. The normalized spacial score (nSPS) is 10.5. The number of carbonyl (C=O) groups is 1. The van der Waals surface area contributed by atoms with Gasteiger partial charge in [0.05, 0.1) is 10.2 Å². The van der Waals surface area contributed by atoms with Crippen LogP contribution in [-0.4, -0.2) is 22.3 Å². The lowest BCUT2D eigenvalue weighted by atomic mass is 10.3. The number of aryl methyl sites for hydroxylation is 2. The van der Waals surface area contributed by atoms with E-state index in [2.05, 4.69) is 37.0 Å². The Morgan fingerprint density at radius 1 is 1.32 bits per heavy atom. The summed E-state index contributed by atoms with van der Waals surface area (Å²) < 4.78 is 8.59. The van der Waals surface area contributed by atoms with Gasteiger partial charge in [0, 0.05) is 10.2 Å². The number of hydrogen-bond donors (Lipinski definition) is 0. The van der Waals surface area contributed by atoms with E-state index in [-0.39, 0.29) is 12.5 Å². The molecule has 0 radical (unpaired) electrons. The summed E-state index contributed by atoms with van der Waals surface area (Å²) in [7, 11) is 0. The molecule has 0 saturated heterocycles. The Balaban J connectivity index is 2.06. The van der Waals surface area contributed by atoms with Crippen molar-refractivity contribution in [2.45, 2.75) is 13.8 Å². The number of ether oxygens (including phenoxy) is 1. The van der Waals surface area contributed by atoms with Gasteiger partial charge in [-0.2, -0.15) is 5.10 Å². The Morgan fingerprint density at radius 3 is 2.63 bits per heavy atom. The van der Waals surface area contributed by atoms with Crippen molar-refractivity contribution in [2.24, 2.45) is 0 Å². The van der Waals surface area contributed by atoms with Crippen LogP contribution in [-0.2, 0) is 0 Å². The monoisotopic (exact) mass is 386 g/mol. The first kappa shape index (κ1) is 14.3. The smallest absolute Gasteiger partial charge is 0.284 e. The Kier molecular flexibility index (Phi) is 4.42. The van der Waals surface area contributed by atoms with Gasteiger partial charge < -0.3 is 4.74 Å². The summed E-state index contributed by atoms with van der Waals surface area (Å²) in [5.74, 6) is 0.429. The fourth-order valence-corrected chi connectivity index (χ4v) is 2.84. The minimum Gasteiger partial charge on any atom is -0.482 e. The molecule has 0 N–H and O–H groups in total. The van der Waals surface area contributed by atoms with Crippen molar-refractivity contribution in [2.75, 3.05) is 6.61 Å². The zero-order valence-electron chi connectivity index (χ0n) is 10.5. The van der Waals surface area contributed by atoms with Crippen LogP contribution in [0.5, 0.6) is 5.75 Å². The maximum atomic E-state index is 12.0. The van der Waals surface area contributed by atoms with Gasteiger partial charge in [-0.1, -0.05) is 15.9 Å². The molecular weight excluding hydrogens is 376 g/mol. The molecule has 0 aliphatic rings. The first-order chi connectivity index (χ1) is 8.97. The summed E-state index contributed by atoms with van der Waals surface area (Å²) in [5, 5.41) is 4.13. The Labute approximate surface area is 128 Å². The van der Waals surface area contributed by atoms with Crippen LogP contribution in [0.3, 0.4) is 0 Å². The van der Waals surface area contributed by atoms with Gasteiger partial charge in [0.25, 0.3) is 5.91 Å². The minimum absolute atomic E-state index is 0.0534. The van der Waals surface area contributed by atoms with Gasteiger partial charge in [-0.05, 0) is 54.0 Å². The topological polar surface area (TPSA) is 44.1 Å². The fraction of sp³-hybridized carbons (Fsp3) is 0.231. The third-order valence-corrected chi connectivity index (χ3v) is 3.60. The van der Waals surface area contributed by atoms with E-state index in [9.17, 15) is 4.79 Å². The van der Waals surface area contributed by atoms with Gasteiger partial charge in [0.15, 0.2) is 6.61 Å². The zero-order valence-corrected chi connectivity index (χ0v) is 13.7. The predicted molar refractivity (Wildman–Crippen MR) is 79.7 cm³/mol. The summed E-state index contributed by atoms with van der Waals surface area (Å²) in [5.41, 5.74) is 1.62. The molecule has 1 aromatic heterocycles. The van der Waals surface area contributed by atoms with Gasteiger partial charge in [-0.15, -0.1) is 0 Å². The summed E-state index contributed by atoms with van der Waals surface area (Å²) >= 11 is 6.74. The second-order valence-electron chi connectivity index (χ2n) is 4.10. The van der Waals surface area contributed by atoms with E-state index in [1.54, 1.807) is 6.07 Å². The van der Waals surface area contributed by atoms with Crippen LogP contribution in [0.2, 0.25) is 0 Å². The standard InChI is InChI=1S/C13H12Br2N2O2/c1-8-5-9(2)17(16-8)13(18)7-19-12-4-3-10(14)6-11(12)15/h3-6H,7H2,1-2H3. The molecule has 6 heteroatoms. The van der Waals surface area contributed by atoms with Crippen molar-refractivity contribution in [1.29, 1.82) is 0 Å².